The molecular formula is C14H22O7Ti2-. The fourth-order valence-corrected chi connectivity index (χ4v) is 0.576. The summed E-state index contributed by atoms with van der Waals surface area (Å²) in [6.45, 7) is 17.8. The Balaban J connectivity index is -0.000000123. The van der Waals surface area contributed by atoms with Gasteiger partial charge >= 0.3 is 62.2 Å². The van der Waals surface area contributed by atoms with E-state index in [1.54, 1.807) is 13.8 Å². The van der Waals surface area contributed by atoms with Gasteiger partial charge in [-0.2, -0.15) is 0 Å². The number of ether oxygens (including phenoxy) is 2. The molecule has 0 fully saturated rings. The van der Waals surface area contributed by atoms with E-state index in [-0.39, 0.29) is 11.9 Å². The van der Waals surface area contributed by atoms with E-state index >= 15 is 0 Å². The Morgan fingerprint density at radius 1 is 1.00 bits per heavy atom. The Bertz CT molecular complexity index is 327. The van der Waals surface area contributed by atoms with E-state index in [0.29, 0.717) is 37.2 Å². The van der Waals surface area contributed by atoms with Crippen molar-refractivity contribution in [1.82, 2.24) is 0 Å². The topological polar surface area (TPSA) is 110 Å². The summed E-state index contributed by atoms with van der Waals surface area (Å²) in [6, 6.07) is 0. The Morgan fingerprint density at radius 3 is 1.35 bits per heavy atom. The van der Waals surface area contributed by atoms with Gasteiger partial charge in [-0.05, 0) is 13.8 Å². The minimum atomic E-state index is -2.00. The first-order valence-corrected chi connectivity index (χ1v) is 8.13. The normalized spacial score (nSPS) is 7.43. The van der Waals surface area contributed by atoms with Crippen LogP contribution in [0.5, 0.6) is 0 Å². The molecule has 9 heteroatoms. The van der Waals surface area contributed by atoms with Crippen molar-refractivity contribution in [3.63, 3.8) is 0 Å². The third kappa shape index (κ3) is 34.0. The first-order valence-electron chi connectivity index (χ1n) is 6.21. The van der Waals surface area contributed by atoms with Crippen molar-refractivity contribution in [2.75, 3.05) is 13.2 Å². The molecule has 7 nitrogen and oxygen atoms in total. The predicted molar refractivity (Wildman–Crippen MR) is 72.9 cm³/mol. The average molecular weight is 398 g/mol. The van der Waals surface area contributed by atoms with Crippen molar-refractivity contribution in [3.05, 3.63) is 38.2 Å². The number of carbonyl (C=O) groups excluding carboxylic acids is 2. The first kappa shape index (κ1) is 30.3. The van der Waals surface area contributed by atoms with Crippen LogP contribution in [-0.4, -0.2) is 25.2 Å². The summed E-state index contributed by atoms with van der Waals surface area (Å²) in [7, 11) is 0. The van der Waals surface area contributed by atoms with Crippen LogP contribution >= 0.6 is 0 Å². The molecule has 0 radical (unpaired) electrons. The first-order chi connectivity index (χ1) is 10.8. The summed E-state index contributed by atoms with van der Waals surface area (Å²) in [5.41, 5.74) is 0.868. The van der Waals surface area contributed by atoms with Gasteiger partial charge in [-0.15, -0.1) is 12.8 Å². The molecule has 0 aliphatic rings. The summed E-state index contributed by atoms with van der Waals surface area (Å²) < 4.78 is 34.6. The predicted octanol–water partition coefficient (Wildman–Crippen LogP) is 1.23. The molecule has 0 bridgehead atoms. The molecule has 0 spiro atoms. The number of hydrogen-bond donors (Lipinski definition) is 0. The standard InChI is InChI=1S/2C7H11O2.3O.2Ti/c2*1-4-5-9-7(8)6(2)3;;;;;/h2*1-2,4-5H2,3H3;;;;;/q2*-1;;;-1;;+2. The molecule has 0 saturated carbocycles. The van der Waals surface area contributed by atoms with Gasteiger partial charge in [0.15, 0.2) is 0 Å². The molecular weight excluding hydrogens is 376 g/mol. The van der Waals surface area contributed by atoms with E-state index in [0.717, 1.165) is 20.4 Å². The van der Waals surface area contributed by atoms with Gasteiger partial charge in [0, 0.05) is 11.1 Å². The van der Waals surface area contributed by atoms with Gasteiger partial charge in [-0.25, -0.2) is 9.59 Å². The zero-order chi connectivity index (χ0) is 19.3. The zero-order valence-electron chi connectivity index (χ0n) is 13.5. The van der Waals surface area contributed by atoms with Crippen LogP contribution in [0.25, 0.3) is 0 Å². The van der Waals surface area contributed by atoms with Crippen molar-refractivity contribution < 1.29 is 69.3 Å². The van der Waals surface area contributed by atoms with Crippen LogP contribution in [0.15, 0.2) is 24.3 Å². The number of esters is 2. The Labute approximate surface area is 159 Å². The monoisotopic (exact) mass is 398 g/mol. The molecule has 0 aromatic heterocycles. The molecule has 0 amide bonds. The molecule has 0 atom stereocenters. The summed E-state index contributed by atoms with van der Waals surface area (Å²) >= 11 is -1.25. The molecule has 23 heavy (non-hydrogen) atoms. The molecule has 0 aromatic rings. The van der Waals surface area contributed by atoms with Gasteiger partial charge in [0.05, 0.1) is 13.2 Å². The van der Waals surface area contributed by atoms with E-state index in [1.165, 1.54) is 0 Å². The molecule has 0 aliphatic carbocycles. The van der Waals surface area contributed by atoms with Crippen LogP contribution in [0.4, 0.5) is 0 Å². The molecule has 0 saturated heterocycles. The minimum absolute atomic E-state index is 0.335. The van der Waals surface area contributed by atoms with Gasteiger partial charge in [0.25, 0.3) is 0 Å². The summed E-state index contributed by atoms with van der Waals surface area (Å²) in [5.74, 6) is -0.669. The van der Waals surface area contributed by atoms with Crippen molar-refractivity contribution >= 4 is 11.9 Å². The van der Waals surface area contributed by atoms with E-state index in [1.807, 2.05) is 0 Å². The number of carbonyl (C=O) groups is 2. The van der Waals surface area contributed by atoms with Crippen LogP contribution in [0.1, 0.15) is 26.7 Å². The van der Waals surface area contributed by atoms with E-state index in [2.05, 4.69) is 36.5 Å². The Kier molecular flexibility index (Phi) is 34.7. The molecule has 0 aromatic carbocycles. The molecule has 0 rings (SSSR count). The van der Waals surface area contributed by atoms with E-state index in [4.69, 9.17) is 10.3 Å². The van der Waals surface area contributed by atoms with Crippen molar-refractivity contribution in [3.8, 4) is 0 Å². The fraction of sp³-hybridized carbons (Fsp3) is 0.429. The summed E-state index contributed by atoms with van der Waals surface area (Å²) in [4.78, 5) is 21.1. The van der Waals surface area contributed by atoms with Gasteiger partial charge in [0.2, 0.25) is 0 Å². The summed E-state index contributed by atoms with van der Waals surface area (Å²) in [6.07, 6.45) is 1.22. The van der Waals surface area contributed by atoms with Crippen LogP contribution in [0.2, 0.25) is 0 Å². The molecule has 0 N–H and O–H groups in total. The van der Waals surface area contributed by atoms with Crippen molar-refractivity contribution in [2.45, 2.75) is 26.7 Å². The van der Waals surface area contributed by atoms with Crippen LogP contribution in [-0.2, 0) is 65.6 Å². The maximum absolute atomic E-state index is 10.6. The van der Waals surface area contributed by atoms with Crippen LogP contribution in [0, 0.1) is 13.8 Å². The van der Waals surface area contributed by atoms with Gasteiger partial charge in [-0.1, -0.05) is 13.2 Å². The van der Waals surface area contributed by atoms with Gasteiger partial charge in [0.1, 0.15) is 0 Å². The fourth-order valence-electron chi connectivity index (χ4n) is 0.576. The quantitative estimate of drug-likeness (QED) is 0.287. The van der Waals surface area contributed by atoms with Crippen molar-refractivity contribution in [2.24, 2.45) is 0 Å². The number of rotatable bonds is 6. The molecule has 0 unspecified atom stereocenters. The third-order valence-electron chi connectivity index (χ3n) is 1.45. The van der Waals surface area contributed by atoms with E-state index < -0.39 is 19.5 Å². The van der Waals surface area contributed by atoms with Crippen LogP contribution in [0.3, 0.4) is 0 Å². The average Bonchev–Trinajstić information content (AvgIpc) is 2.53. The summed E-state index contributed by atoms with van der Waals surface area (Å²) in [5, 5.41) is 0. The zero-order valence-corrected chi connectivity index (χ0v) is 16.6. The van der Waals surface area contributed by atoms with Gasteiger partial charge in [-0.3, -0.25) is 0 Å². The second-order valence-corrected chi connectivity index (χ2v) is 3.88. The Hall–Kier alpha value is -0.591. The van der Waals surface area contributed by atoms with Crippen molar-refractivity contribution in [1.29, 1.82) is 0 Å². The van der Waals surface area contributed by atoms with E-state index in [9.17, 15) is 9.59 Å². The van der Waals surface area contributed by atoms with Gasteiger partial charge < -0.3 is 23.3 Å². The molecule has 0 aliphatic heterocycles. The number of hydrogen-bond acceptors (Lipinski definition) is 7. The third-order valence-corrected chi connectivity index (χ3v) is 1.45. The second kappa shape index (κ2) is 26.3. The Morgan fingerprint density at radius 2 is 1.22 bits per heavy atom. The molecule has 129 valence electrons. The maximum atomic E-state index is 10.6. The van der Waals surface area contributed by atoms with Crippen LogP contribution < -0.4 is 3.69 Å². The molecule has 0 heterocycles. The second-order valence-electron chi connectivity index (χ2n) is 3.62. The SMILES string of the molecule is C=C(C)C(=O)OCC[CH2-].C=C(C)C(=O)OCC[CH2-].[O]=[Ti+2].[O]=[Ti][O-].